The Morgan fingerprint density at radius 3 is 2.56 bits per heavy atom. The average molecular weight is 525 g/mol. The minimum absolute atomic E-state index is 0.0483. The molecule has 2 heterocycles. The monoisotopic (exact) mass is 524 g/mol. The first kappa shape index (κ1) is 26.5. The van der Waals surface area contributed by atoms with Gasteiger partial charge in [0.1, 0.15) is 5.82 Å². The zero-order valence-electron chi connectivity index (χ0n) is 20.5. The van der Waals surface area contributed by atoms with Crippen molar-refractivity contribution >= 4 is 46.8 Å². The molecule has 0 spiro atoms. The number of likely N-dealkylation sites (N-methyl/N-ethyl adjacent to an activating group) is 1. The highest BCUT2D eigenvalue weighted by Gasteiger charge is 2.37. The topological polar surface area (TPSA) is 116 Å². The van der Waals surface area contributed by atoms with Crippen molar-refractivity contribution in [3.63, 3.8) is 0 Å². The summed E-state index contributed by atoms with van der Waals surface area (Å²) in [5.74, 6) is 0.166. The van der Waals surface area contributed by atoms with E-state index in [1.165, 1.54) is 4.31 Å². The lowest BCUT2D eigenvalue weighted by Crippen LogP contribution is -2.43. The molecule has 0 aliphatic rings. The normalized spacial score (nSPS) is 13.2. The van der Waals surface area contributed by atoms with Crippen molar-refractivity contribution in [3.05, 3.63) is 46.9 Å². The van der Waals surface area contributed by atoms with Gasteiger partial charge in [-0.1, -0.05) is 45.0 Å². The first-order valence-corrected chi connectivity index (χ1v) is 15.9. The summed E-state index contributed by atoms with van der Waals surface area (Å²) in [5, 5.41) is 5.08. The van der Waals surface area contributed by atoms with Crippen molar-refractivity contribution in [2.24, 2.45) is 0 Å². The quantitative estimate of drug-likeness (QED) is 0.333. The molecule has 0 radical (unpaired) electrons. The number of halogens is 1. The molecule has 0 saturated heterocycles. The summed E-state index contributed by atoms with van der Waals surface area (Å²) >= 11 is 5.95. The first-order chi connectivity index (χ1) is 15.7. The second-order valence-corrected chi connectivity index (χ2v) is 17.1. The summed E-state index contributed by atoms with van der Waals surface area (Å²) < 4.78 is 35.1. The average Bonchev–Trinajstić information content (AvgIpc) is 3.09. The molecule has 3 aromatic rings. The van der Waals surface area contributed by atoms with Gasteiger partial charge in [-0.25, -0.2) is 22.4 Å². The number of nitrogens with two attached hydrogens (primary N) is 1. The van der Waals surface area contributed by atoms with Crippen molar-refractivity contribution in [2.75, 3.05) is 25.9 Å². The van der Waals surface area contributed by atoms with Crippen LogP contribution in [0.3, 0.4) is 0 Å². The Bertz CT molecular complexity index is 1270. The van der Waals surface area contributed by atoms with Crippen LogP contribution in [-0.4, -0.2) is 61.0 Å². The number of nitrogen functional groups attached to an aromatic ring is 1. The van der Waals surface area contributed by atoms with Gasteiger partial charge in [0.25, 0.3) is 0 Å². The van der Waals surface area contributed by atoms with Crippen LogP contribution in [-0.2, 0) is 26.7 Å². The van der Waals surface area contributed by atoms with Crippen LogP contribution >= 0.6 is 11.6 Å². The van der Waals surface area contributed by atoms with Gasteiger partial charge >= 0.3 is 0 Å². The molecule has 0 unspecified atom stereocenters. The molecule has 3 rings (SSSR count). The minimum Gasteiger partial charge on any atom is -0.415 e. The van der Waals surface area contributed by atoms with Gasteiger partial charge in [-0.3, -0.25) is 0 Å². The number of sulfonamides is 1. The molecule has 0 aliphatic heterocycles. The second-order valence-electron chi connectivity index (χ2n) is 9.92. The zero-order valence-corrected chi connectivity index (χ0v) is 23.1. The Hall–Kier alpha value is -2.05. The van der Waals surface area contributed by atoms with E-state index in [1.54, 1.807) is 24.0 Å². The van der Waals surface area contributed by atoms with Crippen LogP contribution in [0, 0.1) is 0 Å². The van der Waals surface area contributed by atoms with Crippen molar-refractivity contribution in [2.45, 2.75) is 51.2 Å². The highest BCUT2D eigenvalue weighted by Crippen LogP contribution is 2.36. The second kappa shape index (κ2) is 9.90. The van der Waals surface area contributed by atoms with E-state index in [-0.39, 0.29) is 21.9 Å². The van der Waals surface area contributed by atoms with E-state index in [4.69, 9.17) is 21.8 Å². The predicted molar refractivity (Wildman–Crippen MR) is 139 cm³/mol. The fourth-order valence-corrected chi connectivity index (χ4v) is 5.54. The number of benzene rings is 1. The molecule has 0 aliphatic carbocycles. The SMILES string of the molecule is CN(CCO[Si](C)(C)C(C)(C)C)S(=O)(=O)Cc1cccc(Cn2ncc3c(N)nc(Cl)nc32)c1. The number of rotatable bonds is 9. The Kier molecular flexibility index (Phi) is 7.73. The molecule has 0 atom stereocenters. The van der Waals surface area contributed by atoms with Crippen LogP contribution in [0.5, 0.6) is 0 Å². The van der Waals surface area contributed by atoms with E-state index in [0.717, 1.165) is 5.56 Å². The predicted octanol–water partition coefficient (Wildman–Crippen LogP) is 3.89. The van der Waals surface area contributed by atoms with E-state index in [0.29, 0.717) is 36.3 Å². The van der Waals surface area contributed by atoms with E-state index in [2.05, 4.69) is 48.9 Å². The molecule has 186 valence electrons. The molecule has 34 heavy (non-hydrogen) atoms. The van der Waals surface area contributed by atoms with Crippen LogP contribution in [0.15, 0.2) is 30.5 Å². The first-order valence-electron chi connectivity index (χ1n) is 11.0. The van der Waals surface area contributed by atoms with Crippen LogP contribution in [0.2, 0.25) is 23.4 Å². The van der Waals surface area contributed by atoms with Gasteiger partial charge in [0.2, 0.25) is 15.3 Å². The highest BCUT2D eigenvalue weighted by atomic mass is 35.5. The van der Waals surface area contributed by atoms with E-state index in [9.17, 15) is 8.42 Å². The van der Waals surface area contributed by atoms with Gasteiger partial charge in [-0.2, -0.15) is 10.1 Å². The number of fused-ring (bicyclic) bond motifs is 1. The smallest absolute Gasteiger partial charge is 0.226 e. The zero-order chi connectivity index (χ0) is 25.3. The molecule has 12 heteroatoms. The molecule has 0 fully saturated rings. The van der Waals surface area contributed by atoms with Gasteiger partial charge in [0.15, 0.2) is 14.0 Å². The fraction of sp³-hybridized carbons (Fsp3) is 0.500. The summed E-state index contributed by atoms with van der Waals surface area (Å²) in [7, 11) is -3.83. The summed E-state index contributed by atoms with van der Waals surface area (Å²) in [5.41, 5.74) is 8.00. The summed E-state index contributed by atoms with van der Waals surface area (Å²) in [6.07, 6.45) is 1.59. The third kappa shape index (κ3) is 6.14. The van der Waals surface area contributed by atoms with Gasteiger partial charge in [0, 0.05) is 20.2 Å². The maximum atomic E-state index is 12.9. The number of hydrogen-bond acceptors (Lipinski definition) is 7. The Balaban J connectivity index is 1.68. The third-order valence-corrected chi connectivity index (χ3v) is 12.9. The molecule has 2 N–H and O–H groups in total. The van der Waals surface area contributed by atoms with Gasteiger partial charge in [0.05, 0.1) is 23.9 Å². The Morgan fingerprint density at radius 1 is 1.21 bits per heavy atom. The van der Waals surface area contributed by atoms with Crippen LogP contribution in [0.4, 0.5) is 5.82 Å². The molecule has 0 saturated carbocycles. The summed E-state index contributed by atoms with van der Waals surface area (Å²) in [6, 6.07) is 7.41. The third-order valence-electron chi connectivity index (χ3n) is 6.32. The van der Waals surface area contributed by atoms with E-state index >= 15 is 0 Å². The highest BCUT2D eigenvalue weighted by molar-refractivity contribution is 7.88. The standard InChI is InChI=1S/C22H33ClN6O3SSi/c1-22(2,3)34(5,6)32-11-10-28(4)33(30,31)15-17-9-7-8-16(12-17)14-29-20-18(13-25-29)19(24)26-21(23)27-20/h7-9,12-13H,10-11,14-15H2,1-6H3,(H2,24,26,27). The summed E-state index contributed by atoms with van der Waals surface area (Å²) in [4.78, 5) is 8.16. The number of aromatic nitrogens is 4. The molecule has 9 nitrogen and oxygen atoms in total. The van der Waals surface area contributed by atoms with Crippen molar-refractivity contribution in [3.8, 4) is 0 Å². The number of hydrogen-bond donors (Lipinski definition) is 1. The molecular weight excluding hydrogens is 492 g/mol. The lowest BCUT2D eigenvalue weighted by atomic mass is 10.1. The van der Waals surface area contributed by atoms with Gasteiger partial charge in [-0.15, -0.1) is 0 Å². The Labute approximate surface area is 207 Å². The van der Waals surface area contributed by atoms with Gasteiger partial charge < -0.3 is 10.2 Å². The van der Waals surface area contributed by atoms with Crippen LogP contribution in [0.1, 0.15) is 31.9 Å². The maximum absolute atomic E-state index is 12.9. The molecule has 1 aromatic carbocycles. The van der Waals surface area contributed by atoms with E-state index in [1.807, 2.05) is 18.2 Å². The lowest BCUT2D eigenvalue weighted by molar-refractivity contribution is 0.263. The van der Waals surface area contributed by atoms with Crippen LogP contribution < -0.4 is 5.73 Å². The Morgan fingerprint density at radius 2 is 1.88 bits per heavy atom. The van der Waals surface area contributed by atoms with Gasteiger partial charge in [-0.05, 0) is 40.9 Å². The molecule has 0 bridgehead atoms. The molecule has 2 aromatic heterocycles. The largest absolute Gasteiger partial charge is 0.415 e. The maximum Gasteiger partial charge on any atom is 0.226 e. The lowest BCUT2D eigenvalue weighted by Gasteiger charge is -2.36. The fourth-order valence-electron chi connectivity index (χ4n) is 3.16. The van der Waals surface area contributed by atoms with Crippen molar-refractivity contribution in [1.82, 2.24) is 24.1 Å². The van der Waals surface area contributed by atoms with Crippen molar-refractivity contribution < 1.29 is 12.8 Å². The number of nitrogens with zero attached hydrogens (tertiary/aromatic N) is 5. The minimum atomic E-state index is -3.50. The summed E-state index contributed by atoms with van der Waals surface area (Å²) in [6.45, 7) is 11.9. The van der Waals surface area contributed by atoms with Crippen LogP contribution in [0.25, 0.3) is 11.0 Å². The number of anilines is 1. The van der Waals surface area contributed by atoms with Crippen molar-refractivity contribution in [1.29, 1.82) is 0 Å². The molecular formula is C22H33ClN6O3SSi. The molecule has 0 amide bonds. The van der Waals surface area contributed by atoms with E-state index < -0.39 is 18.3 Å².